The van der Waals surface area contributed by atoms with E-state index in [1.54, 1.807) is 31.2 Å². The average molecular weight is 413 g/mol. The monoisotopic (exact) mass is 412 g/mol. The second-order valence-electron chi connectivity index (χ2n) is 8.48. The smallest absolute Gasteiger partial charge is 0.338 e. The summed E-state index contributed by atoms with van der Waals surface area (Å²) in [6.45, 7) is 10.8. The molecule has 29 heavy (non-hydrogen) atoms. The molecule has 1 heterocycles. The maximum absolute atomic E-state index is 11.8. The lowest BCUT2D eigenvalue weighted by molar-refractivity contribution is 0.0524. The van der Waals surface area contributed by atoms with Crippen molar-refractivity contribution in [1.82, 2.24) is 0 Å². The summed E-state index contributed by atoms with van der Waals surface area (Å²) in [5, 5.41) is 6.86. The van der Waals surface area contributed by atoms with Gasteiger partial charge in [-0.1, -0.05) is 26.0 Å². The molecule has 0 saturated carbocycles. The summed E-state index contributed by atoms with van der Waals surface area (Å²) >= 11 is 5.49. The second-order valence-corrected chi connectivity index (χ2v) is 8.89. The van der Waals surface area contributed by atoms with E-state index in [-0.39, 0.29) is 17.0 Å². The molecular weight excluding hydrogens is 384 g/mol. The zero-order valence-corrected chi connectivity index (χ0v) is 18.4. The molecule has 5 nitrogen and oxygen atoms in total. The number of ether oxygens (including phenoxy) is 2. The van der Waals surface area contributed by atoms with Crippen LogP contribution in [-0.4, -0.2) is 23.3 Å². The maximum atomic E-state index is 11.8. The first-order chi connectivity index (χ1) is 13.6. The molecule has 3 rings (SSSR count). The minimum atomic E-state index is -0.335. The van der Waals surface area contributed by atoms with Crippen LogP contribution in [0.25, 0.3) is 0 Å². The van der Waals surface area contributed by atoms with Gasteiger partial charge in [-0.05, 0) is 75.2 Å². The van der Waals surface area contributed by atoms with Gasteiger partial charge in [-0.25, -0.2) is 4.79 Å². The highest BCUT2D eigenvalue weighted by Crippen LogP contribution is 2.47. The Morgan fingerprint density at radius 2 is 1.79 bits per heavy atom. The quantitative estimate of drug-likeness (QED) is 0.510. The van der Waals surface area contributed by atoms with Gasteiger partial charge in [0, 0.05) is 11.3 Å². The summed E-state index contributed by atoms with van der Waals surface area (Å²) in [5.41, 5.74) is 3.04. The number of carbonyl (C=O) groups excluding carboxylic acids is 1. The van der Waals surface area contributed by atoms with Gasteiger partial charge in [0.1, 0.15) is 11.4 Å². The summed E-state index contributed by atoms with van der Waals surface area (Å²) in [5.74, 6) is 0.508. The normalized spacial score (nSPS) is 16.2. The largest absolute Gasteiger partial charge is 0.485 e. The molecule has 0 atom stereocenters. The fourth-order valence-electron chi connectivity index (χ4n) is 3.94. The van der Waals surface area contributed by atoms with Crippen molar-refractivity contribution >= 4 is 34.7 Å². The predicted octanol–water partition coefficient (Wildman–Crippen LogP) is 5.51. The third-order valence-electron chi connectivity index (χ3n) is 4.89. The van der Waals surface area contributed by atoms with Crippen molar-refractivity contribution in [2.75, 3.05) is 17.2 Å². The first-order valence-electron chi connectivity index (χ1n) is 9.79. The third kappa shape index (κ3) is 4.88. The fourth-order valence-corrected chi connectivity index (χ4v) is 4.17. The minimum absolute atomic E-state index is 0.00670. The lowest BCUT2D eigenvalue weighted by Gasteiger charge is -2.43. The number of hydrogen-bond donors (Lipinski definition) is 2. The number of esters is 1. The topological polar surface area (TPSA) is 59.6 Å². The van der Waals surface area contributed by atoms with E-state index in [0.717, 1.165) is 23.5 Å². The Balaban J connectivity index is 1.75. The summed E-state index contributed by atoms with van der Waals surface area (Å²) < 4.78 is 11.3. The van der Waals surface area contributed by atoms with Crippen LogP contribution in [0.2, 0.25) is 0 Å². The summed E-state index contributed by atoms with van der Waals surface area (Å²) in [4.78, 5) is 11.8. The fraction of sp³-hybridized carbons (Fsp3) is 0.391. The first kappa shape index (κ1) is 21.1. The molecule has 0 unspecified atom stereocenters. The number of thiocarbonyl (C=S) groups is 1. The van der Waals surface area contributed by atoms with Crippen LogP contribution in [-0.2, 0) is 10.2 Å². The highest BCUT2D eigenvalue weighted by molar-refractivity contribution is 7.80. The van der Waals surface area contributed by atoms with E-state index in [2.05, 4.69) is 44.4 Å². The van der Waals surface area contributed by atoms with Crippen molar-refractivity contribution in [3.05, 3.63) is 53.6 Å². The molecule has 154 valence electrons. The molecule has 0 bridgehead atoms. The number of benzene rings is 2. The molecule has 0 amide bonds. The van der Waals surface area contributed by atoms with Gasteiger partial charge >= 0.3 is 5.97 Å². The van der Waals surface area contributed by atoms with Crippen LogP contribution >= 0.6 is 12.2 Å². The van der Waals surface area contributed by atoms with Gasteiger partial charge in [0.15, 0.2) is 5.11 Å². The summed E-state index contributed by atoms with van der Waals surface area (Å²) in [6.07, 6.45) is 0.936. The van der Waals surface area contributed by atoms with E-state index in [4.69, 9.17) is 21.7 Å². The Morgan fingerprint density at radius 3 is 2.45 bits per heavy atom. The van der Waals surface area contributed by atoms with E-state index in [0.29, 0.717) is 17.3 Å². The minimum Gasteiger partial charge on any atom is -0.485 e. The van der Waals surface area contributed by atoms with Crippen molar-refractivity contribution in [3.63, 3.8) is 0 Å². The summed E-state index contributed by atoms with van der Waals surface area (Å²) in [6, 6.07) is 13.1. The second kappa shape index (κ2) is 8.03. The van der Waals surface area contributed by atoms with Crippen molar-refractivity contribution in [2.24, 2.45) is 0 Å². The Labute approximate surface area is 177 Å². The number of para-hydroxylation sites is 1. The average Bonchev–Trinajstić information content (AvgIpc) is 2.62. The summed E-state index contributed by atoms with van der Waals surface area (Å²) in [7, 11) is 0. The zero-order chi connectivity index (χ0) is 21.2. The standard InChI is InChI=1S/C23H28N2O3S/c1-6-27-20(26)15-10-12-16(13-11-15)24-21(29)25-18-9-7-8-17-19(18)28-23(4,5)14-22(17,2)3/h7-13H,6,14H2,1-5H3,(H2,24,25,29). The number of carbonyl (C=O) groups is 1. The molecule has 0 fully saturated rings. The van der Waals surface area contributed by atoms with Crippen molar-refractivity contribution in [1.29, 1.82) is 0 Å². The molecule has 1 aliphatic heterocycles. The molecule has 0 radical (unpaired) electrons. The van der Waals surface area contributed by atoms with Gasteiger partial charge in [0.25, 0.3) is 0 Å². The molecule has 2 N–H and O–H groups in total. The van der Waals surface area contributed by atoms with Crippen LogP contribution in [0, 0.1) is 0 Å². The van der Waals surface area contributed by atoms with Crippen molar-refractivity contribution in [3.8, 4) is 5.75 Å². The van der Waals surface area contributed by atoms with Gasteiger partial charge in [-0.15, -0.1) is 0 Å². The molecule has 0 spiro atoms. The van der Waals surface area contributed by atoms with E-state index < -0.39 is 0 Å². The van der Waals surface area contributed by atoms with E-state index in [1.165, 1.54) is 5.56 Å². The number of fused-ring (bicyclic) bond motifs is 1. The number of anilines is 2. The van der Waals surface area contributed by atoms with E-state index >= 15 is 0 Å². The molecule has 0 aromatic heterocycles. The Hall–Kier alpha value is -2.60. The molecule has 1 aliphatic rings. The van der Waals surface area contributed by atoms with Crippen molar-refractivity contribution in [2.45, 2.75) is 52.1 Å². The van der Waals surface area contributed by atoms with Crippen LogP contribution in [0.5, 0.6) is 5.75 Å². The molecule has 0 saturated heterocycles. The van der Waals surface area contributed by atoms with Crippen LogP contribution in [0.3, 0.4) is 0 Å². The van der Waals surface area contributed by atoms with Crippen molar-refractivity contribution < 1.29 is 14.3 Å². The molecule has 6 heteroatoms. The number of rotatable bonds is 4. The third-order valence-corrected chi connectivity index (χ3v) is 5.10. The van der Waals surface area contributed by atoms with Gasteiger partial charge in [0.05, 0.1) is 17.9 Å². The van der Waals surface area contributed by atoms with Gasteiger partial charge in [0.2, 0.25) is 0 Å². The molecule has 2 aromatic rings. The van der Waals surface area contributed by atoms with Crippen LogP contribution < -0.4 is 15.4 Å². The molecular formula is C23H28N2O3S. The van der Waals surface area contributed by atoms with Crippen LogP contribution in [0.4, 0.5) is 11.4 Å². The maximum Gasteiger partial charge on any atom is 0.338 e. The lowest BCUT2D eigenvalue weighted by atomic mass is 9.73. The zero-order valence-electron chi connectivity index (χ0n) is 17.6. The van der Waals surface area contributed by atoms with Gasteiger partial charge < -0.3 is 20.1 Å². The number of hydrogen-bond acceptors (Lipinski definition) is 4. The first-order valence-corrected chi connectivity index (χ1v) is 10.2. The SMILES string of the molecule is CCOC(=O)c1ccc(NC(=S)Nc2cccc3c2OC(C)(C)CC3(C)C)cc1. The highest BCUT2D eigenvalue weighted by atomic mass is 32.1. The lowest BCUT2D eigenvalue weighted by Crippen LogP contribution is -2.41. The van der Waals surface area contributed by atoms with Gasteiger partial charge in [-0.3, -0.25) is 0 Å². The Kier molecular flexibility index (Phi) is 5.85. The molecule has 0 aliphatic carbocycles. The van der Waals surface area contributed by atoms with Crippen LogP contribution in [0.1, 0.15) is 57.0 Å². The predicted molar refractivity (Wildman–Crippen MR) is 121 cm³/mol. The van der Waals surface area contributed by atoms with Crippen LogP contribution in [0.15, 0.2) is 42.5 Å². The Morgan fingerprint density at radius 1 is 1.10 bits per heavy atom. The Bertz CT molecular complexity index is 920. The van der Waals surface area contributed by atoms with Gasteiger partial charge in [-0.2, -0.15) is 0 Å². The highest BCUT2D eigenvalue weighted by Gasteiger charge is 2.39. The van der Waals surface area contributed by atoms with E-state index in [9.17, 15) is 4.79 Å². The van der Waals surface area contributed by atoms with E-state index in [1.807, 2.05) is 12.1 Å². The molecule has 2 aromatic carbocycles. The number of nitrogens with one attached hydrogen (secondary N) is 2.